The van der Waals surface area contributed by atoms with E-state index in [0.717, 1.165) is 27.2 Å². The van der Waals surface area contributed by atoms with Crippen molar-refractivity contribution in [2.24, 2.45) is 17.8 Å². The van der Waals surface area contributed by atoms with E-state index in [-0.39, 0.29) is 11.3 Å². The molecule has 4 aromatic carbocycles. The molecule has 8 rings (SSSR count). The Labute approximate surface area is 305 Å². The van der Waals surface area contributed by atoms with Crippen LogP contribution >= 0.6 is 31.9 Å². The van der Waals surface area contributed by atoms with Gasteiger partial charge in [0.2, 0.25) is 11.8 Å². The molecule has 2 bridgehead atoms. The Kier molecular flexibility index (Phi) is 8.55. The van der Waals surface area contributed by atoms with Gasteiger partial charge < -0.3 is 14.2 Å². The van der Waals surface area contributed by atoms with Crippen molar-refractivity contribution in [1.82, 2.24) is 4.90 Å². The predicted molar refractivity (Wildman–Crippen MR) is 189 cm³/mol. The molecule has 1 aliphatic heterocycles. The number of rotatable bonds is 9. The number of amides is 2. The number of methoxy groups -OCH3 is 1. The zero-order chi connectivity index (χ0) is 35.5. The molecular weight excluding hydrogens is 770 g/mol. The molecule has 1 fully saturated rings. The molecule has 0 spiro atoms. The van der Waals surface area contributed by atoms with Crippen LogP contribution in [0.2, 0.25) is 0 Å². The number of imide groups is 1. The predicted octanol–water partition coefficient (Wildman–Crippen LogP) is 6.57. The molecule has 3 aliphatic carbocycles. The summed E-state index contributed by atoms with van der Waals surface area (Å²) >= 11 is 7.95. The van der Waals surface area contributed by atoms with Gasteiger partial charge in [-0.3, -0.25) is 19.3 Å². The lowest BCUT2D eigenvalue weighted by Crippen LogP contribution is -2.56. The summed E-state index contributed by atoms with van der Waals surface area (Å²) in [6.45, 7) is 2.84. The van der Waals surface area contributed by atoms with Crippen LogP contribution in [-0.4, -0.2) is 54.2 Å². The minimum atomic E-state index is -1.26. The number of ether oxygens (including phenoxy) is 3. The SMILES string of the molecule is COc1cccc(C(=O)Oc2ccc(C(=O)COC(=O)[C@H](C(C)C)N3C(=O)C4C(C3=O)C3(Br)c5ccccc5C4(Br)c4ccccc43)cc2)c1. The first-order chi connectivity index (χ1) is 23.9. The molecule has 0 N–H and O–H groups in total. The van der Waals surface area contributed by atoms with Crippen LogP contribution in [0.15, 0.2) is 97.1 Å². The summed E-state index contributed by atoms with van der Waals surface area (Å²) in [5.74, 6) is -4.40. The average Bonchev–Trinajstić information content (AvgIpc) is 3.40. The van der Waals surface area contributed by atoms with E-state index >= 15 is 0 Å². The summed E-state index contributed by atoms with van der Waals surface area (Å²) in [5.41, 5.74) is 4.05. The van der Waals surface area contributed by atoms with Gasteiger partial charge in [-0.05, 0) is 70.6 Å². The molecule has 1 saturated heterocycles. The fourth-order valence-electron chi connectivity index (χ4n) is 7.57. The number of benzene rings is 4. The first-order valence-corrected chi connectivity index (χ1v) is 17.6. The number of halogens is 2. The van der Waals surface area contributed by atoms with Crippen molar-refractivity contribution in [3.8, 4) is 11.5 Å². The van der Waals surface area contributed by atoms with Crippen LogP contribution in [0.3, 0.4) is 0 Å². The molecule has 1 heterocycles. The smallest absolute Gasteiger partial charge is 0.343 e. The van der Waals surface area contributed by atoms with Gasteiger partial charge in [-0.25, -0.2) is 9.59 Å². The monoisotopic (exact) mass is 799 g/mol. The fourth-order valence-corrected chi connectivity index (χ4v) is 9.87. The third kappa shape index (κ3) is 5.04. The van der Waals surface area contributed by atoms with E-state index < -0.39 is 68.6 Å². The van der Waals surface area contributed by atoms with E-state index in [4.69, 9.17) is 14.2 Å². The van der Waals surface area contributed by atoms with Crippen molar-refractivity contribution >= 4 is 61.4 Å². The average molecular weight is 801 g/mol. The maximum Gasteiger partial charge on any atom is 0.343 e. The third-order valence-electron chi connectivity index (χ3n) is 9.81. The number of ketones is 1. The molecule has 0 aromatic heterocycles. The zero-order valence-corrected chi connectivity index (χ0v) is 30.4. The molecule has 11 heteroatoms. The molecule has 50 heavy (non-hydrogen) atoms. The highest BCUT2D eigenvalue weighted by Crippen LogP contribution is 2.70. The van der Waals surface area contributed by atoms with Crippen LogP contribution in [-0.2, 0) is 27.8 Å². The van der Waals surface area contributed by atoms with E-state index in [2.05, 4.69) is 31.9 Å². The third-order valence-corrected chi connectivity index (χ3v) is 12.5. The Morgan fingerprint density at radius 3 is 1.72 bits per heavy atom. The second kappa shape index (κ2) is 12.6. The number of esters is 2. The van der Waals surface area contributed by atoms with Gasteiger partial charge in [0.25, 0.3) is 0 Å². The lowest BCUT2D eigenvalue weighted by molar-refractivity contribution is -0.160. The number of likely N-dealkylation sites (tertiary alicyclic amines) is 1. The van der Waals surface area contributed by atoms with Crippen molar-refractivity contribution < 1.29 is 38.2 Å². The lowest BCUT2D eigenvalue weighted by Gasteiger charge is -2.55. The molecule has 2 unspecified atom stereocenters. The van der Waals surface area contributed by atoms with Crippen LogP contribution in [0.1, 0.15) is 56.8 Å². The van der Waals surface area contributed by atoms with Gasteiger partial charge in [0.15, 0.2) is 12.4 Å². The van der Waals surface area contributed by atoms with Gasteiger partial charge in [0.05, 0.1) is 33.2 Å². The maximum absolute atomic E-state index is 14.5. The Morgan fingerprint density at radius 2 is 1.24 bits per heavy atom. The summed E-state index contributed by atoms with van der Waals surface area (Å²) in [4.78, 5) is 69.4. The molecular formula is C39H31Br2NO8. The summed E-state index contributed by atoms with van der Waals surface area (Å²) in [6, 6.07) is 26.6. The van der Waals surface area contributed by atoms with Crippen LogP contribution in [0.5, 0.6) is 11.5 Å². The van der Waals surface area contributed by atoms with E-state index in [1.807, 2.05) is 48.5 Å². The van der Waals surface area contributed by atoms with Crippen molar-refractivity contribution in [1.29, 1.82) is 0 Å². The molecule has 4 aliphatic rings. The topological polar surface area (TPSA) is 116 Å². The number of hydrogen-bond acceptors (Lipinski definition) is 8. The number of alkyl halides is 2. The summed E-state index contributed by atoms with van der Waals surface area (Å²) in [6.07, 6.45) is 0. The first-order valence-electron chi connectivity index (χ1n) is 16.0. The number of nitrogens with zero attached hydrogens (tertiary/aromatic N) is 1. The molecule has 3 atom stereocenters. The largest absolute Gasteiger partial charge is 0.497 e. The van der Waals surface area contributed by atoms with Crippen molar-refractivity contribution in [2.75, 3.05) is 13.7 Å². The highest BCUT2D eigenvalue weighted by Gasteiger charge is 2.73. The second-order valence-electron chi connectivity index (χ2n) is 12.9. The molecule has 9 nitrogen and oxygen atoms in total. The molecule has 254 valence electrons. The molecule has 2 amide bonds. The quantitative estimate of drug-likeness (QED) is 0.0614. The summed E-state index contributed by atoms with van der Waals surface area (Å²) < 4.78 is 14.1. The van der Waals surface area contributed by atoms with Gasteiger partial charge in [0.1, 0.15) is 17.5 Å². The Bertz CT molecular complexity index is 1950. The van der Waals surface area contributed by atoms with E-state index in [0.29, 0.717) is 11.3 Å². The Balaban J connectivity index is 1.09. The van der Waals surface area contributed by atoms with Crippen molar-refractivity contribution in [3.63, 3.8) is 0 Å². The van der Waals surface area contributed by atoms with Gasteiger partial charge in [0, 0.05) is 5.56 Å². The van der Waals surface area contributed by atoms with Gasteiger partial charge in [-0.15, -0.1) is 0 Å². The lowest BCUT2D eigenvalue weighted by atomic mass is 9.54. The van der Waals surface area contributed by atoms with Crippen molar-refractivity contribution in [2.45, 2.75) is 28.5 Å². The van der Waals surface area contributed by atoms with Crippen LogP contribution < -0.4 is 9.47 Å². The molecule has 0 radical (unpaired) electrons. The number of carbonyl (C=O) groups is 5. The Morgan fingerprint density at radius 1 is 0.720 bits per heavy atom. The molecule has 4 aromatic rings. The normalized spacial score (nSPS) is 23.5. The highest BCUT2D eigenvalue weighted by molar-refractivity contribution is 9.10. The molecule has 0 saturated carbocycles. The van der Waals surface area contributed by atoms with Gasteiger partial charge in [-0.2, -0.15) is 0 Å². The standard InChI is InChI=1S/C39H31Br2NO8/c1-21(2)33(37(47)49-20-30(43)22-15-17-24(18-16-22)50-36(46)23-9-8-10-25(19-23)48-3)42-34(44)31-32(35(42)45)39(41)27-12-5-4-11-26(27)38(31,40)28-13-6-7-14-29(28)39/h4-19,21,31-33H,20H2,1-3H3/t31?,32?,33-,38?,39?/m0/s1. The zero-order valence-electron chi connectivity index (χ0n) is 27.2. The van der Waals surface area contributed by atoms with Crippen LogP contribution in [0, 0.1) is 17.8 Å². The minimum absolute atomic E-state index is 0.214. The van der Waals surface area contributed by atoms with Crippen LogP contribution in [0.25, 0.3) is 0 Å². The highest BCUT2D eigenvalue weighted by atomic mass is 79.9. The minimum Gasteiger partial charge on any atom is -0.497 e. The second-order valence-corrected chi connectivity index (χ2v) is 15.4. The number of Topliss-reactive ketones (excluding diaryl/α,β-unsaturated/α-hetero) is 1. The van der Waals surface area contributed by atoms with Crippen molar-refractivity contribution in [3.05, 3.63) is 130 Å². The fraction of sp³-hybridized carbons (Fsp3) is 0.256. The Hall–Kier alpha value is -4.61. The van der Waals surface area contributed by atoms with Crippen LogP contribution in [0.4, 0.5) is 0 Å². The van der Waals surface area contributed by atoms with E-state index in [9.17, 15) is 24.0 Å². The number of hydrogen-bond donors (Lipinski definition) is 0. The summed E-state index contributed by atoms with van der Waals surface area (Å²) in [7, 11) is 1.50. The van der Waals surface area contributed by atoms with Gasteiger partial charge >= 0.3 is 11.9 Å². The first kappa shape index (κ1) is 33.9. The van der Waals surface area contributed by atoms with E-state index in [1.165, 1.54) is 31.4 Å². The maximum atomic E-state index is 14.5. The number of carbonyl (C=O) groups excluding carboxylic acids is 5. The van der Waals surface area contributed by atoms with E-state index in [1.54, 1.807) is 38.1 Å². The van der Waals surface area contributed by atoms with Gasteiger partial charge in [-0.1, -0.05) is 100 Å². The summed E-state index contributed by atoms with van der Waals surface area (Å²) in [5, 5.41) is 0.